The molecule has 0 radical (unpaired) electrons. The molecule has 4 heteroatoms. The van der Waals surface area contributed by atoms with E-state index in [2.05, 4.69) is 5.32 Å². The average Bonchev–Trinajstić information content (AvgIpc) is 2.46. The van der Waals surface area contributed by atoms with Crippen LogP contribution in [0, 0.1) is 12.7 Å². The van der Waals surface area contributed by atoms with E-state index in [1.165, 1.54) is 12.1 Å². The lowest BCUT2D eigenvalue weighted by molar-refractivity contribution is -0.122. The number of nitrogens with one attached hydrogen (secondary N) is 1. The Morgan fingerprint density at radius 2 is 1.95 bits per heavy atom. The summed E-state index contributed by atoms with van der Waals surface area (Å²) in [6.45, 7) is 3.79. The van der Waals surface area contributed by atoms with Crippen LogP contribution in [-0.4, -0.2) is 5.91 Å². The zero-order valence-corrected chi connectivity index (χ0v) is 12.2. The molecule has 0 aliphatic carbocycles. The van der Waals surface area contributed by atoms with Crippen molar-refractivity contribution >= 4 is 11.6 Å². The van der Waals surface area contributed by atoms with Gasteiger partial charge in [0.2, 0.25) is 5.91 Å². The van der Waals surface area contributed by atoms with Crippen LogP contribution in [-0.2, 0) is 10.3 Å². The number of primary amides is 1. The minimum Gasteiger partial charge on any atom is -0.367 e. The molecule has 0 bridgehead atoms. The number of amides is 1. The number of hydrogen-bond donors (Lipinski definition) is 2. The topological polar surface area (TPSA) is 55.1 Å². The fourth-order valence-electron chi connectivity index (χ4n) is 2.44. The molecule has 0 spiro atoms. The smallest absolute Gasteiger partial charge is 0.247 e. The molecule has 3 N–H and O–H groups in total. The molecule has 0 aliphatic heterocycles. The Morgan fingerprint density at radius 3 is 2.52 bits per heavy atom. The number of rotatable bonds is 5. The molecular formula is C17H19FN2O. The van der Waals surface area contributed by atoms with Crippen LogP contribution in [0.3, 0.4) is 0 Å². The summed E-state index contributed by atoms with van der Waals surface area (Å²) < 4.78 is 13.5. The minimum absolute atomic E-state index is 0.391. The zero-order chi connectivity index (χ0) is 15.5. The van der Waals surface area contributed by atoms with E-state index < -0.39 is 17.3 Å². The summed E-state index contributed by atoms with van der Waals surface area (Å²) in [6, 6.07) is 13.6. The standard InChI is InChI=1S/C17H19FN2O/c1-3-17(16(19)21,13-8-6-9-14(18)11-13)20-15-10-5-4-7-12(15)2/h4-11,20H,3H2,1-2H3,(H2,19,21). The normalized spacial score (nSPS) is 13.5. The quantitative estimate of drug-likeness (QED) is 0.885. The van der Waals surface area contributed by atoms with Gasteiger partial charge in [0, 0.05) is 5.69 Å². The molecule has 2 aromatic rings. The zero-order valence-electron chi connectivity index (χ0n) is 12.2. The van der Waals surface area contributed by atoms with E-state index in [0.717, 1.165) is 11.3 Å². The van der Waals surface area contributed by atoms with E-state index >= 15 is 0 Å². The summed E-state index contributed by atoms with van der Waals surface area (Å²) >= 11 is 0. The van der Waals surface area contributed by atoms with Crippen molar-refractivity contribution in [1.82, 2.24) is 0 Å². The van der Waals surface area contributed by atoms with Gasteiger partial charge in [-0.05, 0) is 42.7 Å². The molecule has 110 valence electrons. The molecule has 21 heavy (non-hydrogen) atoms. The SMILES string of the molecule is CCC(Nc1ccccc1C)(C(N)=O)c1cccc(F)c1. The third-order valence-electron chi connectivity index (χ3n) is 3.76. The summed E-state index contributed by atoms with van der Waals surface area (Å²) in [6.07, 6.45) is 0.417. The van der Waals surface area contributed by atoms with Gasteiger partial charge >= 0.3 is 0 Å². The highest BCUT2D eigenvalue weighted by Crippen LogP contribution is 2.31. The van der Waals surface area contributed by atoms with Gasteiger partial charge in [0.05, 0.1) is 0 Å². The Morgan fingerprint density at radius 1 is 1.24 bits per heavy atom. The lowest BCUT2D eigenvalue weighted by atomic mass is 9.85. The number of aryl methyl sites for hydroxylation is 1. The Hall–Kier alpha value is -2.36. The van der Waals surface area contributed by atoms with Crippen LogP contribution in [0.25, 0.3) is 0 Å². The minimum atomic E-state index is -1.13. The van der Waals surface area contributed by atoms with E-state index in [-0.39, 0.29) is 0 Å². The second-order valence-electron chi connectivity index (χ2n) is 5.07. The fraction of sp³-hybridized carbons (Fsp3) is 0.235. The lowest BCUT2D eigenvalue weighted by Crippen LogP contribution is -2.47. The molecule has 0 aliphatic rings. The third-order valence-corrected chi connectivity index (χ3v) is 3.76. The predicted molar refractivity (Wildman–Crippen MR) is 82.4 cm³/mol. The number of benzene rings is 2. The Balaban J connectivity index is 2.53. The number of para-hydroxylation sites is 1. The van der Waals surface area contributed by atoms with Crippen LogP contribution < -0.4 is 11.1 Å². The molecule has 1 unspecified atom stereocenters. The van der Waals surface area contributed by atoms with E-state index in [0.29, 0.717) is 12.0 Å². The number of carbonyl (C=O) groups excluding carboxylic acids is 1. The van der Waals surface area contributed by atoms with Crippen LogP contribution in [0.15, 0.2) is 48.5 Å². The van der Waals surface area contributed by atoms with E-state index in [4.69, 9.17) is 5.73 Å². The molecule has 2 aromatic carbocycles. The maximum Gasteiger partial charge on any atom is 0.247 e. The van der Waals surface area contributed by atoms with Gasteiger partial charge in [-0.25, -0.2) is 4.39 Å². The number of nitrogens with two attached hydrogens (primary N) is 1. The first kappa shape index (κ1) is 15.0. The Kier molecular flexibility index (Phi) is 4.26. The molecule has 0 aromatic heterocycles. The van der Waals surface area contributed by atoms with Gasteiger partial charge < -0.3 is 11.1 Å². The highest BCUT2D eigenvalue weighted by Gasteiger charge is 2.37. The van der Waals surface area contributed by atoms with E-state index in [9.17, 15) is 9.18 Å². The molecule has 0 saturated heterocycles. The first-order valence-electron chi connectivity index (χ1n) is 6.89. The largest absolute Gasteiger partial charge is 0.367 e. The number of hydrogen-bond acceptors (Lipinski definition) is 2. The summed E-state index contributed by atoms with van der Waals surface area (Å²) in [7, 11) is 0. The molecule has 0 fully saturated rings. The van der Waals surface area contributed by atoms with Gasteiger partial charge in [-0.2, -0.15) is 0 Å². The first-order valence-corrected chi connectivity index (χ1v) is 6.89. The number of halogens is 1. The summed E-state index contributed by atoms with van der Waals surface area (Å²) in [5.41, 5.74) is 6.84. The fourth-order valence-corrected chi connectivity index (χ4v) is 2.44. The highest BCUT2D eigenvalue weighted by molar-refractivity contribution is 5.89. The number of anilines is 1. The summed E-state index contributed by atoms with van der Waals surface area (Å²) in [5, 5.41) is 3.21. The molecule has 1 amide bonds. The van der Waals surface area contributed by atoms with Crippen molar-refractivity contribution in [3.8, 4) is 0 Å². The van der Waals surface area contributed by atoms with Gasteiger partial charge in [-0.1, -0.05) is 37.3 Å². The molecule has 0 heterocycles. The van der Waals surface area contributed by atoms with Gasteiger partial charge in [-0.15, -0.1) is 0 Å². The van der Waals surface area contributed by atoms with Crippen molar-refractivity contribution < 1.29 is 9.18 Å². The van der Waals surface area contributed by atoms with Crippen LogP contribution >= 0.6 is 0 Å². The molecule has 0 saturated carbocycles. The monoisotopic (exact) mass is 286 g/mol. The maximum atomic E-state index is 13.5. The van der Waals surface area contributed by atoms with Gasteiger partial charge in [0.1, 0.15) is 11.4 Å². The van der Waals surface area contributed by atoms with E-state index in [1.54, 1.807) is 12.1 Å². The summed E-state index contributed by atoms with van der Waals surface area (Å²) in [5.74, 6) is -0.919. The van der Waals surface area contributed by atoms with Crippen LogP contribution in [0.1, 0.15) is 24.5 Å². The van der Waals surface area contributed by atoms with Crippen molar-refractivity contribution in [1.29, 1.82) is 0 Å². The molecule has 2 rings (SSSR count). The first-order chi connectivity index (χ1) is 9.99. The van der Waals surface area contributed by atoms with Crippen molar-refractivity contribution in [2.45, 2.75) is 25.8 Å². The Labute approximate surface area is 124 Å². The van der Waals surface area contributed by atoms with Crippen LogP contribution in [0.2, 0.25) is 0 Å². The van der Waals surface area contributed by atoms with Crippen LogP contribution in [0.4, 0.5) is 10.1 Å². The van der Waals surface area contributed by atoms with E-state index in [1.807, 2.05) is 38.1 Å². The lowest BCUT2D eigenvalue weighted by Gasteiger charge is -2.33. The average molecular weight is 286 g/mol. The maximum absolute atomic E-state index is 13.5. The van der Waals surface area contributed by atoms with Crippen LogP contribution in [0.5, 0.6) is 0 Å². The highest BCUT2D eigenvalue weighted by atomic mass is 19.1. The van der Waals surface area contributed by atoms with Gasteiger partial charge in [-0.3, -0.25) is 4.79 Å². The van der Waals surface area contributed by atoms with Crippen molar-refractivity contribution in [2.75, 3.05) is 5.32 Å². The van der Waals surface area contributed by atoms with Crippen molar-refractivity contribution in [3.63, 3.8) is 0 Å². The molecule has 3 nitrogen and oxygen atoms in total. The third kappa shape index (κ3) is 2.89. The second-order valence-corrected chi connectivity index (χ2v) is 5.07. The second kappa shape index (κ2) is 5.95. The van der Waals surface area contributed by atoms with Gasteiger partial charge in [0.25, 0.3) is 0 Å². The Bertz CT molecular complexity index is 657. The van der Waals surface area contributed by atoms with Gasteiger partial charge in [0.15, 0.2) is 0 Å². The predicted octanol–water partition coefficient (Wildman–Crippen LogP) is 3.34. The molecule has 1 atom stereocenters. The van der Waals surface area contributed by atoms with Crippen molar-refractivity contribution in [3.05, 3.63) is 65.5 Å². The van der Waals surface area contributed by atoms with Crippen molar-refractivity contribution in [2.24, 2.45) is 5.73 Å². The molecular weight excluding hydrogens is 267 g/mol. The summed E-state index contributed by atoms with van der Waals surface area (Å²) in [4.78, 5) is 12.1. The number of carbonyl (C=O) groups is 1.